The predicted octanol–water partition coefficient (Wildman–Crippen LogP) is 4.34. The molecule has 0 spiro atoms. The summed E-state index contributed by atoms with van der Waals surface area (Å²) in [4.78, 5) is 29.3. The number of sulfonamides is 1. The minimum Gasteiger partial charge on any atom is -0.469 e. The fraction of sp³-hybridized carbons (Fsp3) is 0.519. The second-order valence-corrected chi connectivity index (χ2v) is 12.1. The fourth-order valence-corrected chi connectivity index (χ4v) is 5.65. The molecular formula is C27H35N3O6S. The van der Waals surface area contributed by atoms with Crippen molar-refractivity contribution in [1.29, 1.82) is 0 Å². The largest absolute Gasteiger partial charge is 0.469 e. The molecule has 0 bridgehead atoms. The van der Waals surface area contributed by atoms with Crippen LogP contribution in [0.2, 0.25) is 0 Å². The Hall–Kier alpha value is -3.14. The number of amides is 1. The number of aromatic nitrogens is 1. The van der Waals surface area contributed by atoms with Crippen LogP contribution >= 0.6 is 0 Å². The summed E-state index contributed by atoms with van der Waals surface area (Å²) in [6.45, 7) is 4.22. The highest BCUT2D eigenvalue weighted by Crippen LogP contribution is 2.47. The molecule has 2 aliphatic carbocycles. The number of unbranched alkanes of at least 4 members (excludes halogenated alkanes) is 1. The fourth-order valence-electron chi connectivity index (χ4n) is 4.73. The Morgan fingerprint density at radius 3 is 2.59 bits per heavy atom. The lowest BCUT2D eigenvalue weighted by atomic mass is 9.78. The Morgan fingerprint density at radius 2 is 2.03 bits per heavy atom. The highest BCUT2D eigenvalue weighted by Gasteiger charge is 2.38. The van der Waals surface area contributed by atoms with E-state index in [-0.39, 0.29) is 36.5 Å². The topological polar surface area (TPSA) is 119 Å². The average molecular weight is 530 g/mol. The summed E-state index contributed by atoms with van der Waals surface area (Å²) in [6, 6.07) is 1.89. The first-order valence-corrected chi connectivity index (χ1v) is 14.4. The van der Waals surface area contributed by atoms with E-state index in [9.17, 15) is 18.0 Å². The minimum absolute atomic E-state index is 0.165. The summed E-state index contributed by atoms with van der Waals surface area (Å²) < 4.78 is 38.1. The van der Waals surface area contributed by atoms with Crippen molar-refractivity contribution in [3.05, 3.63) is 46.8 Å². The molecule has 10 heteroatoms. The number of rotatable bonds is 10. The van der Waals surface area contributed by atoms with Crippen LogP contribution in [0.4, 0.5) is 5.82 Å². The van der Waals surface area contributed by atoms with Crippen LogP contribution in [-0.4, -0.2) is 52.2 Å². The van der Waals surface area contributed by atoms with Gasteiger partial charge in [-0.15, -0.1) is 0 Å². The maximum atomic E-state index is 13.1. The SMILES string of the molecule is CNC(=O)c1c(C2(C)C=CC(C)=CC2)oc2nc(N(CCCCC(=O)OC)S(C)(=O)=O)c(C3CC3)cc12. The van der Waals surface area contributed by atoms with Crippen LogP contribution in [0.25, 0.3) is 11.1 Å². The Labute approximate surface area is 218 Å². The number of hydrogen-bond donors (Lipinski definition) is 1. The van der Waals surface area contributed by atoms with E-state index in [1.54, 1.807) is 7.05 Å². The van der Waals surface area contributed by atoms with Gasteiger partial charge in [-0.2, -0.15) is 4.98 Å². The molecule has 37 heavy (non-hydrogen) atoms. The molecule has 2 heterocycles. The second kappa shape index (κ2) is 10.3. The number of allylic oxidation sites excluding steroid dienone is 4. The van der Waals surface area contributed by atoms with E-state index >= 15 is 0 Å². The van der Waals surface area contributed by atoms with Crippen molar-refractivity contribution in [2.24, 2.45) is 0 Å². The highest BCUT2D eigenvalue weighted by molar-refractivity contribution is 7.92. The summed E-state index contributed by atoms with van der Waals surface area (Å²) in [7, 11) is -0.757. The van der Waals surface area contributed by atoms with Crippen LogP contribution < -0.4 is 9.62 Å². The number of nitrogens with one attached hydrogen (secondary N) is 1. The number of anilines is 1. The van der Waals surface area contributed by atoms with Gasteiger partial charge >= 0.3 is 5.97 Å². The molecule has 0 aliphatic heterocycles. The Balaban J connectivity index is 1.83. The van der Waals surface area contributed by atoms with Gasteiger partial charge in [-0.05, 0) is 63.5 Å². The molecule has 1 atom stereocenters. The molecule has 0 saturated heterocycles. The molecule has 2 aromatic heterocycles. The maximum absolute atomic E-state index is 13.1. The number of furan rings is 1. The van der Waals surface area contributed by atoms with Gasteiger partial charge in [0.2, 0.25) is 15.7 Å². The zero-order valence-corrected chi connectivity index (χ0v) is 22.9. The average Bonchev–Trinajstić information content (AvgIpc) is 3.63. The number of nitrogens with zero attached hydrogens (tertiary/aromatic N) is 2. The molecule has 1 N–H and O–H groups in total. The Morgan fingerprint density at radius 1 is 1.30 bits per heavy atom. The van der Waals surface area contributed by atoms with Crippen LogP contribution in [-0.2, 0) is 25.0 Å². The number of fused-ring (bicyclic) bond motifs is 1. The number of carbonyl (C=O) groups is 2. The predicted molar refractivity (Wildman–Crippen MR) is 142 cm³/mol. The van der Waals surface area contributed by atoms with Gasteiger partial charge in [0, 0.05) is 25.4 Å². The first kappa shape index (κ1) is 26.9. The zero-order chi connectivity index (χ0) is 27.0. The zero-order valence-electron chi connectivity index (χ0n) is 22.1. The normalized spacial score (nSPS) is 19.5. The van der Waals surface area contributed by atoms with Crippen molar-refractivity contribution in [2.45, 2.75) is 63.7 Å². The molecule has 1 fully saturated rings. The number of hydrogen-bond acceptors (Lipinski definition) is 7. The summed E-state index contributed by atoms with van der Waals surface area (Å²) in [5.41, 5.74) is 2.05. The number of pyridine rings is 1. The molecule has 4 rings (SSSR count). The van der Waals surface area contributed by atoms with E-state index in [4.69, 9.17) is 9.40 Å². The van der Waals surface area contributed by atoms with Gasteiger partial charge in [0.1, 0.15) is 11.6 Å². The number of carbonyl (C=O) groups excluding carboxylic acids is 2. The van der Waals surface area contributed by atoms with Crippen molar-refractivity contribution >= 4 is 38.8 Å². The summed E-state index contributed by atoms with van der Waals surface area (Å²) in [6.07, 6.45) is 11.0. The second-order valence-electron chi connectivity index (χ2n) is 10.2. The van der Waals surface area contributed by atoms with Crippen molar-refractivity contribution in [2.75, 3.05) is 31.3 Å². The molecule has 9 nitrogen and oxygen atoms in total. The molecular weight excluding hydrogens is 494 g/mol. The third-order valence-electron chi connectivity index (χ3n) is 7.10. The van der Waals surface area contributed by atoms with Gasteiger partial charge in [-0.25, -0.2) is 8.42 Å². The van der Waals surface area contributed by atoms with Crippen molar-refractivity contribution in [3.63, 3.8) is 0 Å². The third kappa shape index (κ3) is 5.58. The quantitative estimate of drug-likeness (QED) is 0.359. The van der Waals surface area contributed by atoms with Gasteiger partial charge in [-0.3, -0.25) is 13.9 Å². The standard InChI is InChI=1S/C27H35N3O6S/c1-17-11-13-27(2,14-12-17)23-22(25(32)28-3)20-16-19(18-9-10-18)24(29-26(20)36-23)30(37(5,33)34)15-7-6-8-21(31)35-4/h11-13,16,18H,6-10,14-15H2,1-5H3,(H,28,32). The number of ether oxygens (including phenoxy) is 1. The minimum atomic E-state index is -3.67. The van der Waals surface area contributed by atoms with Crippen LogP contribution in [0.1, 0.15) is 80.0 Å². The van der Waals surface area contributed by atoms with Crippen molar-refractivity contribution < 1.29 is 27.2 Å². The van der Waals surface area contributed by atoms with Crippen LogP contribution in [0.15, 0.2) is 34.3 Å². The molecule has 0 radical (unpaired) electrons. The monoisotopic (exact) mass is 529 g/mol. The molecule has 2 aromatic rings. The lowest BCUT2D eigenvalue weighted by Crippen LogP contribution is -2.32. The lowest BCUT2D eigenvalue weighted by molar-refractivity contribution is -0.140. The maximum Gasteiger partial charge on any atom is 0.305 e. The molecule has 0 aromatic carbocycles. The third-order valence-corrected chi connectivity index (χ3v) is 8.26. The van der Waals surface area contributed by atoms with E-state index in [1.165, 1.54) is 11.4 Å². The van der Waals surface area contributed by atoms with Crippen molar-refractivity contribution in [3.8, 4) is 0 Å². The first-order chi connectivity index (χ1) is 17.5. The van der Waals surface area contributed by atoms with E-state index in [2.05, 4.69) is 16.1 Å². The van der Waals surface area contributed by atoms with Crippen LogP contribution in [0, 0.1) is 0 Å². The lowest BCUT2D eigenvalue weighted by Gasteiger charge is -2.26. The van der Waals surface area contributed by atoms with E-state index in [0.29, 0.717) is 41.8 Å². The van der Waals surface area contributed by atoms with E-state index < -0.39 is 15.4 Å². The van der Waals surface area contributed by atoms with E-state index in [0.717, 1.165) is 30.2 Å². The Bertz CT molecular complexity index is 1390. The van der Waals surface area contributed by atoms with Crippen LogP contribution in [0.5, 0.6) is 0 Å². The molecule has 2 aliphatic rings. The van der Waals surface area contributed by atoms with Gasteiger partial charge < -0.3 is 14.5 Å². The summed E-state index contributed by atoms with van der Waals surface area (Å²) >= 11 is 0. The van der Waals surface area contributed by atoms with Gasteiger partial charge in [0.15, 0.2) is 0 Å². The van der Waals surface area contributed by atoms with Gasteiger partial charge in [-0.1, -0.05) is 23.8 Å². The first-order valence-electron chi connectivity index (χ1n) is 12.6. The summed E-state index contributed by atoms with van der Waals surface area (Å²) in [5.74, 6) is 0.410. The number of esters is 1. The Kier molecular flexibility index (Phi) is 7.50. The molecule has 200 valence electrons. The summed E-state index contributed by atoms with van der Waals surface area (Å²) in [5, 5.41) is 3.31. The van der Waals surface area contributed by atoms with E-state index in [1.807, 2.05) is 32.1 Å². The smallest absolute Gasteiger partial charge is 0.305 e. The van der Waals surface area contributed by atoms with Gasteiger partial charge in [0.05, 0.1) is 24.3 Å². The van der Waals surface area contributed by atoms with Gasteiger partial charge in [0.25, 0.3) is 5.91 Å². The molecule has 1 saturated carbocycles. The van der Waals surface area contributed by atoms with Crippen LogP contribution in [0.3, 0.4) is 0 Å². The highest BCUT2D eigenvalue weighted by atomic mass is 32.2. The molecule has 1 unspecified atom stereocenters. The molecule has 1 amide bonds. The number of methoxy groups -OCH3 is 1. The van der Waals surface area contributed by atoms with Crippen molar-refractivity contribution in [1.82, 2.24) is 10.3 Å².